The minimum Gasteiger partial charge on any atom is -0.348 e. The van der Waals surface area contributed by atoms with Crippen LogP contribution in [-0.4, -0.2) is 19.0 Å². The SMILES string of the molecule is CCCCC/C=C\C/C=C\CCCCCCCC1(CCCCCCC/C=C\C/C=C\CCCCC)OCCO1. The molecule has 0 bridgehead atoms. The smallest absolute Gasteiger partial charge is 0.168 e. The van der Waals surface area contributed by atoms with Gasteiger partial charge in [0, 0.05) is 12.8 Å². The average Bonchev–Trinajstić information content (AvgIpc) is 3.42. The summed E-state index contributed by atoms with van der Waals surface area (Å²) in [5.74, 6) is -0.264. The summed E-state index contributed by atoms with van der Waals surface area (Å²) in [6.07, 6.45) is 49.2. The molecule has 0 aromatic heterocycles. The summed E-state index contributed by atoms with van der Waals surface area (Å²) in [7, 11) is 0. The van der Waals surface area contributed by atoms with Crippen LogP contribution in [0.5, 0.6) is 0 Å². The van der Waals surface area contributed by atoms with Crippen LogP contribution in [0.1, 0.15) is 168 Å². The van der Waals surface area contributed by atoms with Gasteiger partial charge in [-0.05, 0) is 77.0 Å². The van der Waals surface area contributed by atoms with E-state index >= 15 is 0 Å². The van der Waals surface area contributed by atoms with Gasteiger partial charge in [-0.1, -0.05) is 127 Å². The first-order chi connectivity index (χ1) is 19.3. The van der Waals surface area contributed by atoms with Crippen LogP contribution in [0, 0.1) is 0 Å². The van der Waals surface area contributed by atoms with E-state index in [1.807, 2.05) is 0 Å². The van der Waals surface area contributed by atoms with Gasteiger partial charge in [-0.3, -0.25) is 0 Å². The van der Waals surface area contributed by atoms with Gasteiger partial charge in [0.2, 0.25) is 0 Å². The van der Waals surface area contributed by atoms with E-state index in [-0.39, 0.29) is 5.79 Å². The first-order valence-electron chi connectivity index (χ1n) is 17.2. The molecular weight excluding hydrogens is 476 g/mol. The maximum Gasteiger partial charge on any atom is 0.168 e. The molecule has 0 amide bonds. The van der Waals surface area contributed by atoms with Gasteiger partial charge in [-0.2, -0.15) is 0 Å². The maximum atomic E-state index is 6.13. The number of allylic oxidation sites excluding steroid dienone is 8. The molecule has 1 heterocycles. The lowest BCUT2D eigenvalue weighted by atomic mass is 9.99. The van der Waals surface area contributed by atoms with Gasteiger partial charge in [-0.15, -0.1) is 0 Å². The number of rotatable bonds is 28. The van der Waals surface area contributed by atoms with Crippen LogP contribution in [0.15, 0.2) is 48.6 Å². The van der Waals surface area contributed by atoms with Crippen molar-refractivity contribution in [2.45, 2.75) is 174 Å². The third-order valence-electron chi connectivity index (χ3n) is 7.83. The topological polar surface area (TPSA) is 18.5 Å². The molecule has 0 spiro atoms. The van der Waals surface area contributed by atoms with E-state index in [0.717, 1.165) is 38.9 Å². The van der Waals surface area contributed by atoms with Crippen LogP contribution in [0.25, 0.3) is 0 Å². The van der Waals surface area contributed by atoms with Crippen molar-refractivity contribution in [2.75, 3.05) is 13.2 Å². The fraction of sp³-hybridized carbons (Fsp3) is 0.784. The molecule has 1 aliphatic rings. The fourth-order valence-corrected chi connectivity index (χ4v) is 5.32. The second-order valence-electron chi connectivity index (χ2n) is 11.6. The summed E-state index contributed by atoms with van der Waals surface area (Å²) in [6, 6.07) is 0. The number of hydrogen-bond acceptors (Lipinski definition) is 2. The molecule has 226 valence electrons. The van der Waals surface area contributed by atoms with E-state index in [9.17, 15) is 0 Å². The first kappa shape index (κ1) is 35.9. The zero-order valence-electron chi connectivity index (χ0n) is 26.3. The summed E-state index contributed by atoms with van der Waals surface area (Å²) in [5.41, 5.74) is 0. The predicted molar refractivity (Wildman–Crippen MR) is 173 cm³/mol. The van der Waals surface area contributed by atoms with Gasteiger partial charge in [0.25, 0.3) is 0 Å². The highest BCUT2D eigenvalue weighted by molar-refractivity contribution is 4.93. The summed E-state index contributed by atoms with van der Waals surface area (Å²) < 4.78 is 12.3. The van der Waals surface area contributed by atoms with Crippen molar-refractivity contribution in [3.63, 3.8) is 0 Å². The van der Waals surface area contributed by atoms with Gasteiger partial charge in [-0.25, -0.2) is 0 Å². The lowest BCUT2D eigenvalue weighted by Crippen LogP contribution is -2.30. The van der Waals surface area contributed by atoms with E-state index in [2.05, 4.69) is 62.5 Å². The molecule has 1 fully saturated rings. The van der Waals surface area contributed by atoms with Crippen molar-refractivity contribution in [3.05, 3.63) is 48.6 Å². The summed E-state index contributed by atoms with van der Waals surface area (Å²) in [4.78, 5) is 0. The highest BCUT2D eigenvalue weighted by atomic mass is 16.7. The standard InChI is InChI=1S/C37H66O2/c1-3-5-7-9-11-13-15-17-19-21-23-25-27-29-31-33-37(38-35-36-39-37)34-32-30-28-26-24-22-20-18-16-14-12-10-8-6-4-2/h11-14,17-20H,3-10,15-16,21-36H2,1-2H3/b13-11-,14-12-,19-17-,20-18-. The minimum absolute atomic E-state index is 0.264. The Kier molecular flexibility index (Phi) is 26.2. The highest BCUT2D eigenvalue weighted by Gasteiger charge is 2.35. The van der Waals surface area contributed by atoms with Crippen LogP contribution < -0.4 is 0 Å². The van der Waals surface area contributed by atoms with Crippen molar-refractivity contribution < 1.29 is 9.47 Å². The van der Waals surface area contributed by atoms with Gasteiger partial charge in [0.05, 0.1) is 13.2 Å². The van der Waals surface area contributed by atoms with Crippen molar-refractivity contribution in [3.8, 4) is 0 Å². The Hall–Kier alpha value is -1.12. The molecule has 2 heteroatoms. The summed E-state index contributed by atoms with van der Waals surface area (Å²) in [5, 5.41) is 0. The lowest BCUT2D eigenvalue weighted by Gasteiger charge is -2.27. The molecule has 0 unspecified atom stereocenters. The third-order valence-corrected chi connectivity index (χ3v) is 7.83. The normalized spacial score (nSPS) is 15.7. The second-order valence-corrected chi connectivity index (χ2v) is 11.6. The predicted octanol–water partition coefficient (Wildman–Crippen LogP) is 12.4. The van der Waals surface area contributed by atoms with E-state index < -0.39 is 0 Å². The number of ether oxygens (including phenoxy) is 2. The Labute approximate surface area is 244 Å². The zero-order valence-corrected chi connectivity index (χ0v) is 26.3. The molecule has 0 aromatic rings. The van der Waals surface area contributed by atoms with Crippen molar-refractivity contribution in [1.82, 2.24) is 0 Å². The molecule has 0 aliphatic carbocycles. The molecule has 2 nitrogen and oxygen atoms in total. The molecule has 0 aromatic carbocycles. The van der Waals surface area contributed by atoms with Crippen LogP contribution in [0.2, 0.25) is 0 Å². The minimum atomic E-state index is -0.264. The van der Waals surface area contributed by atoms with Crippen LogP contribution in [0.4, 0.5) is 0 Å². The lowest BCUT2D eigenvalue weighted by molar-refractivity contribution is -0.168. The molecule has 39 heavy (non-hydrogen) atoms. The maximum absolute atomic E-state index is 6.13. The number of hydrogen-bond donors (Lipinski definition) is 0. The van der Waals surface area contributed by atoms with E-state index in [4.69, 9.17) is 9.47 Å². The largest absolute Gasteiger partial charge is 0.348 e. The molecular formula is C37H66O2. The van der Waals surface area contributed by atoms with Crippen LogP contribution >= 0.6 is 0 Å². The van der Waals surface area contributed by atoms with Gasteiger partial charge in [0.15, 0.2) is 5.79 Å². The Morgan fingerprint density at radius 3 is 1.13 bits per heavy atom. The molecule has 0 N–H and O–H groups in total. The van der Waals surface area contributed by atoms with Crippen molar-refractivity contribution in [2.24, 2.45) is 0 Å². The van der Waals surface area contributed by atoms with E-state index in [0.29, 0.717) is 0 Å². The van der Waals surface area contributed by atoms with Crippen molar-refractivity contribution >= 4 is 0 Å². The molecule has 0 radical (unpaired) electrons. The van der Waals surface area contributed by atoms with Crippen molar-refractivity contribution in [1.29, 1.82) is 0 Å². The molecule has 0 atom stereocenters. The van der Waals surface area contributed by atoms with Gasteiger partial charge < -0.3 is 9.47 Å². The number of unbranched alkanes of at least 4 members (excludes halogenated alkanes) is 16. The summed E-state index contributed by atoms with van der Waals surface area (Å²) >= 11 is 0. The first-order valence-corrected chi connectivity index (χ1v) is 17.2. The fourth-order valence-electron chi connectivity index (χ4n) is 5.32. The van der Waals surface area contributed by atoms with Gasteiger partial charge >= 0.3 is 0 Å². The molecule has 0 saturated carbocycles. The highest BCUT2D eigenvalue weighted by Crippen LogP contribution is 2.32. The van der Waals surface area contributed by atoms with E-state index in [1.54, 1.807) is 0 Å². The summed E-state index contributed by atoms with van der Waals surface area (Å²) in [6.45, 7) is 6.09. The Morgan fingerprint density at radius 1 is 0.410 bits per heavy atom. The van der Waals surface area contributed by atoms with Gasteiger partial charge in [0.1, 0.15) is 0 Å². The quantitative estimate of drug-likeness (QED) is 0.0723. The molecule has 1 aliphatic heterocycles. The second kappa shape index (κ2) is 28.4. The monoisotopic (exact) mass is 543 g/mol. The molecule has 1 rings (SSSR count). The third kappa shape index (κ3) is 23.3. The average molecular weight is 543 g/mol. The Balaban J connectivity index is 1.96. The Morgan fingerprint density at radius 2 is 0.744 bits per heavy atom. The van der Waals surface area contributed by atoms with Crippen LogP contribution in [-0.2, 0) is 9.47 Å². The van der Waals surface area contributed by atoms with Crippen LogP contribution in [0.3, 0.4) is 0 Å². The zero-order chi connectivity index (χ0) is 28.0. The van der Waals surface area contributed by atoms with E-state index in [1.165, 1.54) is 128 Å². The molecule has 1 saturated heterocycles. The Bertz CT molecular complexity index is 561.